The highest BCUT2D eigenvalue weighted by Crippen LogP contribution is 2.18. The lowest BCUT2D eigenvalue weighted by Gasteiger charge is -2.36. The molecule has 0 aromatic heterocycles. The third kappa shape index (κ3) is 3.48. The van der Waals surface area contributed by atoms with Gasteiger partial charge in [-0.1, -0.05) is 29.8 Å². The molecule has 0 spiro atoms. The molecule has 1 aliphatic heterocycles. The van der Waals surface area contributed by atoms with Crippen LogP contribution in [0.15, 0.2) is 24.3 Å². The van der Waals surface area contributed by atoms with Crippen LogP contribution in [0.5, 0.6) is 0 Å². The van der Waals surface area contributed by atoms with Gasteiger partial charge in [0.05, 0.1) is 6.04 Å². The Hall–Kier alpha value is -1.62. The molecule has 5 heteroatoms. The number of carbonyl (C=O) groups is 1. The second-order valence-corrected chi connectivity index (χ2v) is 5.24. The van der Waals surface area contributed by atoms with E-state index >= 15 is 0 Å². The molecule has 1 aliphatic rings. The zero-order valence-electron chi connectivity index (χ0n) is 12.0. The van der Waals surface area contributed by atoms with Gasteiger partial charge in [-0.2, -0.15) is 0 Å². The topological polar surface area (TPSA) is 44.4 Å². The highest BCUT2D eigenvalue weighted by molar-refractivity contribution is 5.74. The summed E-state index contributed by atoms with van der Waals surface area (Å²) < 4.78 is 14.1. The molecule has 1 aromatic rings. The van der Waals surface area contributed by atoms with Crippen molar-refractivity contribution in [2.24, 2.45) is 0 Å². The van der Waals surface area contributed by atoms with Crippen LogP contribution in [0.1, 0.15) is 17.5 Å². The molecule has 1 fully saturated rings. The van der Waals surface area contributed by atoms with Crippen molar-refractivity contribution in [3.63, 3.8) is 0 Å². The van der Waals surface area contributed by atoms with Crippen LogP contribution >= 0.6 is 0 Å². The average molecular weight is 279 g/mol. The number of piperidine rings is 1. The van der Waals surface area contributed by atoms with E-state index in [-0.39, 0.29) is 12.1 Å². The van der Waals surface area contributed by atoms with Gasteiger partial charge in [-0.15, -0.1) is 0 Å². The molecule has 1 aromatic carbocycles. The van der Waals surface area contributed by atoms with Crippen LogP contribution in [-0.4, -0.2) is 43.3 Å². The van der Waals surface area contributed by atoms with Crippen LogP contribution in [0.2, 0.25) is 0 Å². The molecule has 2 N–H and O–H groups in total. The summed E-state index contributed by atoms with van der Waals surface area (Å²) in [5.74, 6) is 0. The Morgan fingerprint density at radius 3 is 2.75 bits per heavy atom. The number of rotatable bonds is 3. The lowest BCUT2D eigenvalue weighted by molar-refractivity contribution is 0.0983. The minimum Gasteiger partial charge on any atom is -0.341 e. The molecular weight excluding hydrogens is 257 g/mol. The zero-order valence-corrected chi connectivity index (χ0v) is 12.0. The SMILES string of the molecule is CNC(=O)N(Cc1ccc(C)cc1)C1CCNCC1F. The Morgan fingerprint density at radius 2 is 2.15 bits per heavy atom. The average Bonchev–Trinajstić information content (AvgIpc) is 2.47. The number of halogens is 1. The molecule has 2 atom stereocenters. The van der Waals surface area contributed by atoms with Gasteiger partial charge in [0.1, 0.15) is 6.17 Å². The van der Waals surface area contributed by atoms with Gasteiger partial charge in [0.25, 0.3) is 0 Å². The van der Waals surface area contributed by atoms with Crippen LogP contribution in [0.25, 0.3) is 0 Å². The standard InChI is InChI=1S/C15H22FN3O/c1-11-3-5-12(6-4-11)10-19(15(20)17-2)14-7-8-18-9-13(14)16/h3-6,13-14,18H,7-10H2,1-2H3,(H,17,20). The number of benzene rings is 1. The van der Waals surface area contributed by atoms with Crippen LogP contribution in [0.3, 0.4) is 0 Å². The fraction of sp³-hybridized carbons (Fsp3) is 0.533. The monoisotopic (exact) mass is 279 g/mol. The molecule has 110 valence electrons. The predicted octanol–water partition coefficient (Wildman–Crippen LogP) is 1.84. The summed E-state index contributed by atoms with van der Waals surface area (Å²) in [5, 5.41) is 5.63. The van der Waals surface area contributed by atoms with Crippen LogP contribution < -0.4 is 10.6 Å². The van der Waals surface area contributed by atoms with E-state index in [9.17, 15) is 9.18 Å². The molecule has 0 bridgehead atoms. The first-order valence-corrected chi connectivity index (χ1v) is 7.00. The number of nitrogens with one attached hydrogen (secondary N) is 2. The molecule has 1 heterocycles. The summed E-state index contributed by atoms with van der Waals surface area (Å²) >= 11 is 0. The lowest BCUT2D eigenvalue weighted by atomic mass is 10.0. The molecular formula is C15H22FN3O. The number of hydrogen-bond acceptors (Lipinski definition) is 2. The first-order chi connectivity index (χ1) is 9.61. The molecule has 2 amide bonds. The molecule has 0 aliphatic carbocycles. The van der Waals surface area contributed by atoms with E-state index in [0.29, 0.717) is 19.5 Å². The van der Waals surface area contributed by atoms with E-state index in [0.717, 1.165) is 12.1 Å². The van der Waals surface area contributed by atoms with Gasteiger partial charge in [-0.05, 0) is 25.5 Å². The Balaban J connectivity index is 2.14. The molecule has 20 heavy (non-hydrogen) atoms. The summed E-state index contributed by atoms with van der Waals surface area (Å²) in [4.78, 5) is 13.7. The van der Waals surface area contributed by atoms with Gasteiger partial charge in [0.15, 0.2) is 0 Å². The van der Waals surface area contributed by atoms with Gasteiger partial charge in [0, 0.05) is 20.1 Å². The van der Waals surface area contributed by atoms with E-state index in [4.69, 9.17) is 0 Å². The number of hydrogen-bond donors (Lipinski definition) is 2. The highest BCUT2D eigenvalue weighted by Gasteiger charge is 2.32. The molecule has 0 saturated carbocycles. The second kappa shape index (κ2) is 6.70. The van der Waals surface area contributed by atoms with E-state index < -0.39 is 6.17 Å². The van der Waals surface area contributed by atoms with E-state index in [2.05, 4.69) is 10.6 Å². The van der Waals surface area contributed by atoms with Gasteiger partial charge in [-0.3, -0.25) is 0 Å². The van der Waals surface area contributed by atoms with Crippen molar-refractivity contribution < 1.29 is 9.18 Å². The van der Waals surface area contributed by atoms with Gasteiger partial charge in [-0.25, -0.2) is 9.18 Å². The fourth-order valence-electron chi connectivity index (χ4n) is 2.53. The zero-order chi connectivity index (χ0) is 14.5. The van der Waals surface area contributed by atoms with Crippen LogP contribution in [0.4, 0.5) is 9.18 Å². The number of nitrogens with zero attached hydrogens (tertiary/aromatic N) is 1. The smallest absolute Gasteiger partial charge is 0.317 e. The number of carbonyl (C=O) groups excluding carboxylic acids is 1. The third-order valence-electron chi connectivity index (χ3n) is 3.72. The summed E-state index contributed by atoms with van der Waals surface area (Å²) in [6, 6.07) is 7.40. The number of urea groups is 1. The maximum absolute atomic E-state index is 14.1. The normalized spacial score (nSPS) is 22.4. The van der Waals surface area contributed by atoms with Crippen molar-refractivity contribution in [3.05, 3.63) is 35.4 Å². The Kier molecular flexibility index (Phi) is 4.95. The van der Waals surface area contributed by atoms with Gasteiger partial charge < -0.3 is 15.5 Å². The predicted molar refractivity (Wildman–Crippen MR) is 77.3 cm³/mol. The Bertz CT molecular complexity index is 449. The third-order valence-corrected chi connectivity index (χ3v) is 3.72. The number of aryl methyl sites for hydroxylation is 1. The molecule has 1 saturated heterocycles. The van der Waals surface area contributed by atoms with Crippen molar-refractivity contribution in [2.75, 3.05) is 20.1 Å². The second-order valence-electron chi connectivity index (χ2n) is 5.24. The fourth-order valence-corrected chi connectivity index (χ4v) is 2.53. The highest BCUT2D eigenvalue weighted by atomic mass is 19.1. The quantitative estimate of drug-likeness (QED) is 0.886. The van der Waals surface area contributed by atoms with E-state index in [1.165, 1.54) is 5.56 Å². The van der Waals surface area contributed by atoms with Crippen molar-refractivity contribution in [1.29, 1.82) is 0 Å². The first kappa shape index (κ1) is 14.8. The molecule has 0 radical (unpaired) electrons. The summed E-state index contributed by atoms with van der Waals surface area (Å²) in [6.45, 7) is 3.51. The minimum absolute atomic E-state index is 0.222. The number of amides is 2. The van der Waals surface area contributed by atoms with Crippen LogP contribution in [0, 0.1) is 6.92 Å². The number of alkyl halides is 1. The molecule has 4 nitrogen and oxygen atoms in total. The van der Waals surface area contributed by atoms with E-state index in [1.807, 2.05) is 31.2 Å². The maximum atomic E-state index is 14.1. The van der Waals surface area contributed by atoms with Crippen LogP contribution in [-0.2, 0) is 6.54 Å². The summed E-state index contributed by atoms with van der Waals surface area (Å²) in [7, 11) is 1.58. The van der Waals surface area contributed by atoms with E-state index in [1.54, 1.807) is 11.9 Å². The molecule has 2 unspecified atom stereocenters. The largest absolute Gasteiger partial charge is 0.341 e. The van der Waals surface area contributed by atoms with Crippen molar-refractivity contribution in [2.45, 2.75) is 32.1 Å². The Morgan fingerprint density at radius 1 is 1.45 bits per heavy atom. The van der Waals surface area contributed by atoms with Crippen molar-refractivity contribution in [1.82, 2.24) is 15.5 Å². The minimum atomic E-state index is -1.02. The summed E-state index contributed by atoms with van der Waals surface area (Å²) in [5.41, 5.74) is 2.19. The van der Waals surface area contributed by atoms with Crippen molar-refractivity contribution >= 4 is 6.03 Å². The molecule has 2 rings (SSSR count). The van der Waals surface area contributed by atoms with Crippen molar-refractivity contribution in [3.8, 4) is 0 Å². The first-order valence-electron chi connectivity index (χ1n) is 7.00. The summed E-state index contributed by atoms with van der Waals surface area (Å²) in [6.07, 6.45) is -0.382. The maximum Gasteiger partial charge on any atom is 0.317 e. The van der Waals surface area contributed by atoms with Gasteiger partial charge >= 0.3 is 6.03 Å². The Labute approximate surface area is 119 Å². The lowest BCUT2D eigenvalue weighted by Crippen LogP contribution is -2.54. The van der Waals surface area contributed by atoms with Gasteiger partial charge in [0.2, 0.25) is 0 Å².